The molecule has 6 heteroatoms. The van der Waals surface area contributed by atoms with Crippen molar-refractivity contribution < 1.29 is 14.3 Å². The van der Waals surface area contributed by atoms with Crippen LogP contribution >= 0.6 is 0 Å². The monoisotopic (exact) mass is 263 g/mol. The fraction of sp³-hybridized carbons (Fsp3) is 0.385. The van der Waals surface area contributed by atoms with Crippen molar-refractivity contribution in [2.24, 2.45) is 5.92 Å². The average Bonchev–Trinajstić information content (AvgIpc) is 2.36. The highest BCUT2D eigenvalue weighted by atomic mass is 16.5. The minimum Gasteiger partial charge on any atom is -0.479 e. The highest BCUT2D eigenvalue weighted by molar-refractivity contribution is 5.99. The molecule has 0 atom stereocenters. The van der Waals surface area contributed by atoms with Crippen LogP contribution in [0.5, 0.6) is 5.75 Å². The molecule has 0 aliphatic carbocycles. The van der Waals surface area contributed by atoms with Crippen LogP contribution in [0.2, 0.25) is 0 Å². The summed E-state index contributed by atoms with van der Waals surface area (Å²) in [5.74, 6) is 0.668. The van der Waals surface area contributed by atoms with Crippen LogP contribution < -0.4 is 20.7 Å². The van der Waals surface area contributed by atoms with Crippen LogP contribution in [-0.4, -0.2) is 25.1 Å². The third-order valence-electron chi connectivity index (χ3n) is 2.56. The molecule has 3 amide bonds. The van der Waals surface area contributed by atoms with Gasteiger partial charge in [0.1, 0.15) is 0 Å². The molecule has 1 aromatic rings. The molecule has 3 N–H and O–H groups in total. The maximum atomic E-state index is 11.7. The summed E-state index contributed by atoms with van der Waals surface area (Å²) < 4.78 is 5.34. The molecular formula is C13H17N3O3. The van der Waals surface area contributed by atoms with Gasteiger partial charge in [-0.15, -0.1) is 0 Å². The zero-order valence-electron chi connectivity index (χ0n) is 10.9. The van der Waals surface area contributed by atoms with Crippen LogP contribution in [0.15, 0.2) is 18.2 Å². The summed E-state index contributed by atoms with van der Waals surface area (Å²) in [4.78, 5) is 22.9. The van der Waals surface area contributed by atoms with Gasteiger partial charge in [0.05, 0.1) is 11.4 Å². The summed E-state index contributed by atoms with van der Waals surface area (Å²) in [6, 6.07) is 4.91. The maximum Gasteiger partial charge on any atom is 0.319 e. The molecule has 0 saturated heterocycles. The van der Waals surface area contributed by atoms with E-state index in [1.165, 1.54) is 0 Å². The highest BCUT2D eigenvalue weighted by Gasteiger charge is 2.19. The SMILES string of the molecule is CC(C)CNC(=O)Nc1cccc2c1OCC(=O)N2. The maximum absolute atomic E-state index is 11.7. The van der Waals surface area contributed by atoms with Crippen LogP contribution in [0.4, 0.5) is 16.2 Å². The van der Waals surface area contributed by atoms with E-state index in [1.54, 1.807) is 18.2 Å². The fourth-order valence-electron chi connectivity index (χ4n) is 1.68. The molecule has 1 aliphatic rings. The molecule has 19 heavy (non-hydrogen) atoms. The Morgan fingerprint density at radius 3 is 3.00 bits per heavy atom. The number of amides is 3. The molecule has 1 aliphatic heterocycles. The first-order chi connectivity index (χ1) is 9.06. The number of benzene rings is 1. The molecule has 0 radical (unpaired) electrons. The number of ether oxygens (including phenoxy) is 1. The third-order valence-corrected chi connectivity index (χ3v) is 2.56. The molecular weight excluding hydrogens is 246 g/mol. The number of fused-ring (bicyclic) bond motifs is 1. The quantitative estimate of drug-likeness (QED) is 0.778. The first-order valence-corrected chi connectivity index (χ1v) is 6.17. The van der Waals surface area contributed by atoms with Crippen LogP contribution in [0, 0.1) is 5.92 Å². The Kier molecular flexibility index (Phi) is 3.89. The standard InChI is InChI=1S/C13H17N3O3/c1-8(2)6-14-13(18)16-10-5-3-4-9-12(10)19-7-11(17)15-9/h3-5,8H,6-7H2,1-2H3,(H,15,17)(H2,14,16,18). The van der Waals surface area contributed by atoms with Crippen LogP contribution in [-0.2, 0) is 4.79 Å². The summed E-state index contributed by atoms with van der Waals surface area (Å²) in [5.41, 5.74) is 1.11. The second-order valence-electron chi connectivity index (χ2n) is 4.75. The fourth-order valence-corrected chi connectivity index (χ4v) is 1.68. The van der Waals surface area contributed by atoms with E-state index in [4.69, 9.17) is 4.74 Å². The summed E-state index contributed by atoms with van der Waals surface area (Å²) in [5, 5.41) is 8.16. The Morgan fingerprint density at radius 2 is 2.26 bits per heavy atom. The Morgan fingerprint density at radius 1 is 1.47 bits per heavy atom. The van der Waals surface area contributed by atoms with E-state index >= 15 is 0 Å². The Bertz CT molecular complexity index is 500. The molecule has 0 fully saturated rings. The zero-order chi connectivity index (χ0) is 13.8. The van der Waals surface area contributed by atoms with Crippen molar-refractivity contribution in [1.82, 2.24) is 5.32 Å². The van der Waals surface area contributed by atoms with Crippen molar-refractivity contribution >= 4 is 23.3 Å². The summed E-state index contributed by atoms with van der Waals surface area (Å²) in [6.07, 6.45) is 0. The Hall–Kier alpha value is -2.24. The molecule has 0 spiro atoms. The number of nitrogens with one attached hydrogen (secondary N) is 3. The minimum atomic E-state index is -0.289. The zero-order valence-corrected chi connectivity index (χ0v) is 10.9. The van der Waals surface area contributed by atoms with Crippen molar-refractivity contribution in [2.75, 3.05) is 23.8 Å². The van der Waals surface area contributed by atoms with Crippen LogP contribution in [0.3, 0.4) is 0 Å². The van der Waals surface area contributed by atoms with E-state index in [1.807, 2.05) is 13.8 Å². The van der Waals surface area contributed by atoms with Gasteiger partial charge in [-0.1, -0.05) is 19.9 Å². The number of urea groups is 1. The Balaban J connectivity index is 2.07. The second-order valence-corrected chi connectivity index (χ2v) is 4.75. The molecule has 0 unspecified atom stereocenters. The number of carbonyl (C=O) groups excluding carboxylic acids is 2. The summed E-state index contributed by atoms with van der Waals surface area (Å²) in [6.45, 7) is 4.59. The van der Waals surface area contributed by atoms with Gasteiger partial charge in [-0.25, -0.2) is 4.79 Å². The number of hydrogen-bond acceptors (Lipinski definition) is 3. The lowest BCUT2D eigenvalue weighted by Crippen LogP contribution is -2.32. The average molecular weight is 263 g/mol. The van der Waals surface area contributed by atoms with Gasteiger partial charge in [0, 0.05) is 6.54 Å². The smallest absolute Gasteiger partial charge is 0.319 e. The molecule has 102 valence electrons. The van der Waals surface area contributed by atoms with E-state index < -0.39 is 0 Å². The van der Waals surface area contributed by atoms with Crippen LogP contribution in [0.1, 0.15) is 13.8 Å². The van der Waals surface area contributed by atoms with Gasteiger partial charge in [-0.2, -0.15) is 0 Å². The molecule has 0 bridgehead atoms. The minimum absolute atomic E-state index is 0.0424. The first kappa shape index (κ1) is 13.2. The molecule has 2 rings (SSSR count). The molecule has 1 aromatic carbocycles. The van der Waals surface area contributed by atoms with Gasteiger partial charge in [0.2, 0.25) is 0 Å². The van der Waals surface area contributed by atoms with E-state index in [-0.39, 0.29) is 18.5 Å². The summed E-state index contributed by atoms with van der Waals surface area (Å²) in [7, 11) is 0. The lowest BCUT2D eigenvalue weighted by Gasteiger charge is -2.21. The van der Waals surface area contributed by atoms with E-state index in [0.29, 0.717) is 29.6 Å². The van der Waals surface area contributed by atoms with E-state index in [0.717, 1.165) is 0 Å². The van der Waals surface area contributed by atoms with Gasteiger partial charge >= 0.3 is 6.03 Å². The number of para-hydroxylation sites is 1. The molecule has 0 aromatic heterocycles. The van der Waals surface area contributed by atoms with Crippen molar-refractivity contribution in [3.05, 3.63) is 18.2 Å². The van der Waals surface area contributed by atoms with Gasteiger partial charge in [0.15, 0.2) is 12.4 Å². The predicted molar refractivity (Wildman–Crippen MR) is 72.4 cm³/mol. The molecule has 1 heterocycles. The number of anilines is 2. The van der Waals surface area contributed by atoms with Gasteiger partial charge in [-0.05, 0) is 18.1 Å². The normalized spacial score (nSPS) is 13.3. The lowest BCUT2D eigenvalue weighted by atomic mass is 10.2. The summed E-state index contributed by atoms with van der Waals surface area (Å²) >= 11 is 0. The Labute approximate surface area is 111 Å². The first-order valence-electron chi connectivity index (χ1n) is 6.17. The van der Waals surface area contributed by atoms with Crippen molar-refractivity contribution in [1.29, 1.82) is 0 Å². The van der Waals surface area contributed by atoms with E-state index in [9.17, 15) is 9.59 Å². The second kappa shape index (κ2) is 5.60. The number of rotatable bonds is 3. The molecule has 6 nitrogen and oxygen atoms in total. The van der Waals surface area contributed by atoms with Crippen molar-refractivity contribution in [3.8, 4) is 5.75 Å². The third kappa shape index (κ3) is 3.37. The predicted octanol–water partition coefficient (Wildman–Crippen LogP) is 1.79. The number of hydrogen-bond donors (Lipinski definition) is 3. The van der Waals surface area contributed by atoms with Gasteiger partial charge < -0.3 is 20.7 Å². The van der Waals surface area contributed by atoms with Gasteiger partial charge in [0.25, 0.3) is 5.91 Å². The number of carbonyl (C=O) groups is 2. The van der Waals surface area contributed by atoms with Crippen molar-refractivity contribution in [3.63, 3.8) is 0 Å². The topological polar surface area (TPSA) is 79.5 Å². The molecule has 0 saturated carbocycles. The van der Waals surface area contributed by atoms with Crippen molar-refractivity contribution in [2.45, 2.75) is 13.8 Å². The highest BCUT2D eigenvalue weighted by Crippen LogP contribution is 2.35. The lowest BCUT2D eigenvalue weighted by molar-refractivity contribution is -0.118. The van der Waals surface area contributed by atoms with Crippen LogP contribution in [0.25, 0.3) is 0 Å². The van der Waals surface area contributed by atoms with E-state index in [2.05, 4.69) is 16.0 Å². The van der Waals surface area contributed by atoms with Gasteiger partial charge in [-0.3, -0.25) is 4.79 Å². The largest absolute Gasteiger partial charge is 0.479 e.